The van der Waals surface area contributed by atoms with Gasteiger partial charge in [-0.2, -0.15) is 0 Å². The van der Waals surface area contributed by atoms with Crippen molar-refractivity contribution in [3.8, 4) is 0 Å². The maximum Gasteiger partial charge on any atom is 0.223 e. The number of aromatic nitrogens is 1. The molecule has 8 heteroatoms. The number of hydrogen-bond acceptors (Lipinski definition) is 4. The Balaban J connectivity index is 0.00000363. The fourth-order valence-corrected chi connectivity index (χ4v) is 4.54. The standard InChI is InChI=1S/C24H35N5OS.HI/c1-4-25-24(26-12-10-21-17-31-23(28-21)18(2)3)27-15-20-14-22(30)29(16-20)13-11-19-8-6-5-7-9-19;/h5-9,17-18,20H,4,10-16H2,1-3H3,(H2,25,26,27);1H. The second kappa shape index (κ2) is 13.8. The number of aliphatic imine (C=N–C) groups is 1. The maximum absolute atomic E-state index is 12.4. The molecule has 0 bridgehead atoms. The van der Waals surface area contributed by atoms with Crippen LogP contribution in [0.2, 0.25) is 0 Å². The van der Waals surface area contributed by atoms with Crippen molar-refractivity contribution in [1.29, 1.82) is 0 Å². The molecule has 2 heterocycles. The SMILES string of the molecule is CCNC(=NCC1CC(=O)N(CCc2ccccc2)C1)NCCc1csc(C(C)C)n1.I. The first-order valence-electron chi connectivity index (χ1n) is 11.3. The van der Waals surface area contributed by atoms with E-state index >= 15 is 0 Å². The summed E-state index contributed by atoms with van der Waals surface area (Å²) in [5.74, 6) is 1.83. The van der Waals surface area contributed by atoms with Crippen LogP contribution in [0, 0.1) is 5.92 Å². The Kier molecular flexibility index (Phi) is 11.4. The lowest BCUT2D eigenvalue weighted by molar-refractivity contribution is -0.127. The van der Waals surface area contributed by atoms with Gasteiger partial charge in [-0.05, 0) is 18.9 Å². The zero-order valence-corrected chi connectivity index (χ0v) is 22.5. The van der Waals surface area contributed by atoms with E-state index in [9.17, 15) is 4.79 Å². The second-order valence-electron chi connectivity index (χ2n) is 8.37. The molecule has 0 saturated carbocycles. The zero-order chi connectivity index (χ0) is 22.1. The summed E-state index contributed by atoms with van der Waals surface area (Å²) in [6.07, 6.45) is 2.37. The minimum atomic E-state index is 0. The number of hydrogen-bond donors (Lipinski definition) is 2. The van der Waals surface area contributed by atoms with Gasteiger partial charge in [0.1, 0.15) is 0 Å². The van der Waals surface area contributed by atoms with Gasteiger partial charge in [-0.25, -0.2) is 4.98 Å². The first-order valence-corrected chi connectivity index (χ1v) is 12.2. The Hall–Kier alpha value is -1.68. The Morgan fingerprint density at radius 3 is 2.72 bits per heavy atom. The van der Waals surface area contributed by atoms with Crippen LogP contribution in [-0.4, -0.2) is 54.5 Å². The number of rotatable bonds is 10. The number of benzene rings is 1. The number of carbonyl (C=O) groups is 1. The lowest BCUT2D eigenvalue weighted by Crippen LogP contribution is -2.38. The molecule has 2 aromatic rings. The van der Waals surface area contributed by atoms with Crippen molar-refractivity contribution in [2.75, 3.05) is 32.7 Å². The molecule has 6 nitrogen and oxygen atoms in total. The summed E-state index contributed by atoms with van der Waals surface area (Å²) in [4.78, 5) is 23.8. The van der Waals surface area contributed by atoms with Crippen molar-refractivity contribution in [3.05, 3.63) is 52.0 Å². The predicted molar refractivity (Wildman–Crippen MR) is 144 cm³/mol. The van der Waals surface area contributed by atoms with E-state index in [0.29, 0.717) is 18.9 Å². The number of nitrogens with one attached hydrogen (secondary N) is 2. The van der Waals surface area contributed by atoms with E-state index in [0.717, 1.165) is 50.7 Å². The van der Waals surface area contributed by atoms with Crippen LogP contribution in [0.25, 0.3) is 0 Å². The highest BCUT2D eigenvalue weighted by molar-refractivity contribution is 14.0. The molecule has 1 saturated heterocycles. The van der Waals surface area contributed by atoms with Crippen molar-refractivity contribution in [2.24, 2.45) is 10.9 Å². The first kappa shape index (κ1) is 26.6. The largest absolute Gasteiger partial charge is 0.357 e. The maximum atomic E-state index is 12.4. The average Bonchev–Trinajstić information content (AvgIpc) is 3.38. The minimum Gasteiger partial charge on any atom is -0.357 e. The Morgan fingerprint density at radius 1 is 1.25 bits per heavy atom. The van der Waals surface area contributed by atoms with Gasteiger partial charge in [-0.15, -0.1) is 35.3 Å². The fourth-order valence-electron chi connectivity index (χ4n) is 3.67. The number of thiazole rings is 1. The number of halogens is 1. The first-order chi connectivity index (χ1) is 15.0. The highest BCUT2D eigenvalue weighted by atomic mass is 127. The molecule has 176 valence electrons. The third kappa shape index (κ3) is 8.35. The van der Waals surface area contributed by atoms with Gasteiger partial charge < -0.3 is 15.5 Å². The highest BCUT2D eigenvalue weighted by Gasteiger charge is 2.29. The fraction of sp³-hybridized carbons (Fsp3) is 0.542. The van der Waals surface area contributed by atoms with Crippen LogP contribution in [-0.2, 0) is 17.6 Å². The van der Waals surface area contributed by atoms with E-state index in [1.54, 1.807) is 11.3 Å². The van der Waals surface area contributed by atoms with E-state index in [1.165, 1.54) is 10.6 Å². The summed E-state index contributed by atoms with van der Waals surface area (Å²) in [7, 11) is 0. The molecule has 0 radical (unpaired) electrons. The van der Waals surface area contributed by atoms with Gasteiger partial charge in [0.25, 0.3) is 0 Å². The van der Waals surface area contributed by atoms with Gasteiger partial charge in [0.2, 0.25) is 5.91 Å². The third-order valence-electron chi connectivity index (χ3n) is 5.40. The molecule has 1 aromatic carbocycles. The van der Waals surface area contributed by atoms with Gasteiger partial charge in [-0.1, -0.05) is 44.2 Å². The minimum absolute atomic E-state index is 0. The molecule has 32 heavy (non-hydrogen) atoms. The van der Waals surface area contributed by atoms with Crippen molar-refractivity contribution in [2.45, 2.75) is 46.0 Å². The number of guanidine groups is 1. The van der Waals surface area contributed by atoms with Gasteiger partial charge >= 0.3 is 0 Å². The van der Waals surface area contributed by atoms with Crippen molar-refractivity contribution < 1.29 is 4.79 Å². The molecule has 1 unspecified atom stereocenters. The highest BCUT2D eigenvalue weighted by Crippen LogP contribution is 2.20. The topological polar surface area (TPSA) is 69.6 Å². The predicted octanol–water partition coefficient (Wildman–Crippen LogP) is 4.07. The smallest absolute Gasteiger partial charge is 0.223 e. The van der Waals surface area contributed by atoms with Crippen molar-refractivity contribution >= 4 is 47.2 Å². The van der Waals surface area contributed by atoms with E-state index in [2.05, 4.69) is 48.9 Å². The van der Waals surface area contributed by atoms with Gasteiger partial charge in [0.15, 0.2) is 5.96 Å². The van der Waals surface area contributed by atoms with Crippen molar-refractivity contribution in [1.82, 2.24) is 20.5 Å². The Morgan fingerprint density at radius 2 is 2.03 bits per heavy atom. The van der Waals surface area contributed by atoms with Crippen LogP contribution in [0.15, 0.2) is 40.7 Å². The van der Waals surface area contributed by atoms with E-state index in [4.69, 9.17) is 9.98 Å². The number of nitrogens with zero attached hydrogens (tertiary/aromatic N) is 3. The lowest BCUT2D eigenvalue weighted by Gasteiger charge is -2.16. The summed E-state index contributed by atoms with van der Waals surface area (Å²) >= 11 is 1.74. The van der Waals surface area contributed by atoms with E-state index in [1.807, 2.05) is 23.1 Å². The summed E-state index contributed by atoms with van der Waals surface area (Å²) in [5.41, 5.74) is 2.41. The molecule has 0 aliphatic carbocycles. The van der Waals surface area contributed by atoms with Crippen LogP contribution < -0.4 is 10.6 Å². The van der Waals surface area contributed by atoms with Crippen LogP contribution in [0.5, 0.6) is 0 Å². The average molecular weight is 570 g/mol. The molecule has 0 spiro atoms. The van der Waals surface area contributed by atoms with Crippen LogP contribution in [0.3, 0.4) is 0 Å². The van der Waals surface area contributed by atoms with E-state index in [-0.39, 0.29) is 35.8 Å². The Bertz CT molecular complexity index is 855. The number of amides is 1. The molecule has 1 fully saturated rings. The van der Waals surface area contributed by atoms with Crippen LogP contribution in [0.1, 0.15) is 49.4 Å². The zero-order valence-electron chi connectivity index (χ0n) is 19.3. The molecule has 1 atom stereocenters. The molecular weight excluding hydrogens is 533 g/mol. The lowest BCUT2D eigenvalue weighted by atomic mass is 10.1. The molecular formula is C24H36IN5OS. The van der Waals surface area contributed by atoms with Crippen molar-refractivity contribution in [3.63, 3.8) is 0 Å². The van der Waals surface area contributed by atoms with Crippen LogP contribution >= 0.6 is 35.3 Å². The van der Waals surface area contributed by atoms with Gasteiger partial charge in [0, 0.05) is 62.8 Å². The molecule has 1 amide bonds. The molecule has 1 aliphatic rings. The van der Waals surface area contributed by atoms with Crippen LogP contribution in [0.4, 0.5) is 0 Å². The van der Waals surface area contributed by atoms with Gasteiger partial charge in [0.05, 0.1) is 10.7 Å². The molecule has 2 N–H and O–H groups in total. The monoisotopic (exact) mass is 569 g/mol. The van der Waals surface area contributed by atoms with E-state index < -0.39 is 0 Å². The summed E-state index contributed by atoms with van der Waals surface area (Å²) in [6.45, 7) is 10.3. The number of carbonyl (C=O) groups excluding carboxylic acids is 1. The summed E-state index contributed by atoms with van der Waals surface area (Å²) in [5, 5.41) is 10.1. The quantitative estimate of drug-likeness (QED) is 0.257. The molecule has 1 aromatic heterocycles. The number of likely N-dealkylation sites (tertiary alicyclic amines) is 1. The molecule has 1 aliphatic heterocycles. The normalized spacial score (nSPS) is 16.4. The third-order valence-corrected chi connectivity index (χ3v) is 6.59. The Labute approximate surface area is 213 Å². The molecule has 3 rings (SSSR count). The van der Waals surface area contributed by atoms with Gasteiger partial charge in [-0.3, -0.25) is 9.79 Å². The summed E-state index contributed by atoms with van der Waals surface area (Å²) < 4.78 is 0. The second-order valence-corrected chi connectivity index (χ2v) is 9.26. The summed E-state index contributed by atoms with van der Waals surface area (Å²) in [6, 6.07) is 10.4.